The molecule has 3 rings (SSSR count). The molecule has 170 valence electrons. The molecular weight excluding hydrogens is 376 g/mol. The molecule has 1 aliphatic rings. The monoisotopic (exact) mass is 420 g/mol. The van der Waals surface area contributed by atoms with Crippen LogP contribution < -0.4 is 0 Å². The first-order chi connectivity index (χ1) is 15.3. The molecular formula is C29H44N2. The van der Waals surface area contributed by atoms with Crippen LogP contribution in [0.4, 0.5) is 0 Å². The van der Waals surface area contributed by atoms with Crippen LogP contribution in [-0.4, -0.2) is 10.2 Å². The summed E-state index contributed by atoms with van der Waals surface area (Å²) in [5.74, 6) is 1.73. The highest BCUT2D eigenvalue weighted by molar-refractivity contribution is 5.59. The minimum atomic E-state index is 0.752. The van der Waals surface area contributed by atoms with E-state index < -0.39 is 0 Å². The zero-order valence-corrected chi connectivity index (χ0v) is 20.1. The lowest BCUT2D eigenvalue weighted by Gasteiger charge is -2.29. The molecule has 0 radical (unpaired) electrons. The van der Waals surface area contributed by atoms with Crippen molar-refractivity contribution in [2.75, 3.05) is 0 Å². The number of hydrogen-bond donors (Lipinski definition) is 0. The lowest BCUT2D eigenvalue weighted by Crippen LogP contribution is -2.13. The van der Waals surface area contributed by atoms with Gasteiger partial charge in [0.1, 0.15) is 0 Å². The van der Waals surface area contributed by atoms with E-state index in [0.29, 0.717) is 0 Å². The third-order valence-corrected chi connectivity index (χ3v) is 7.25. The van der Waals surface area contributed by atoms with Crippen molar-refractivity contribution in [1.82, 2.24) is 10.2 Å². The number of unbranched alkanes of at least 4 members (excludes halogenated alkanes) is 7. The molecule has 0 amide bonds. The summed E-state index contributed by atoms with van der Waals surface area (Å²) in [6.45, 7) is 4.57. The normalized spacial score (nSPS) is 18.9. The van der Waals surface area contributed by atoms with Crippen LogP contribution in [0.1, 0.15) is 121 Å². The molecule has 0 spiro atoms. The Balaban J connectivity index is 1.43. The molecule has 1 fully saturated rings. The van der Waals surface area contributed by atoms with E-state index in [0.717, 1.165) is 29.6 Å². The summed E-state index contributed by atoms with van der Waals surface area (Å²) in [7, 11) is 0. The third kappa shape index (κ3) is 8.05. The van der Waals surface area contributed by atoms with E-state index in [1.807, 2.05) is 0 Å². The summed E-state index contributed by atoms with van der Waals surface area (Å²) >= 11 is 0. The van der Waals surface area contributed by atoms with Gasteiger partial charge in [-0.05, 0) is 68.1 Å². The van der Waals surface area contributed by atoms with Crippen molar-refractivity contribution in [3.63, 3.8) is 0 Å². The molecule has 2 aromatic rings. The highest BCUT2D eigenvalue weighted by Gasteiger charge is 2.22. The summed E-state index contributed by atoms with van der Waals surface area (Å²) in [6, 6.07) is 13.5. The number of rotatable bonds is 13. The van der Waals surface area contributed by atoms with Crippen molar-refractivity contribution in [2.45, 2.75) is 116 Å². The smallest absolute Gasteiger partial charge is 0.0929 e. The van der Waals surface area contributed by atoms with E-state index in [9.17, 15) is 0 Å². The predicted octanol–water partition coefficient (Wildman–Crippen LogP) is 8.90. The first kappa shape index (κ1) is 24.0. The van der Waals surface area contributed by atoms with E-state index >= 15 is 0 Å². The highest BCUT2D eigenvalue weighted by Crippen LogP contribution is 2.38. The Bertz CT molecular complexity index is 711. The Labute approximate surface area is 191 Å². The quantitative estimate of drug-likeness (QED) is 0.302. The van der Waals surface area contributed by atoms with Gasteiger partial charge in [0.15, 0.2) is 0 Å². The Morgan fingerprint density at radius 2 is 1.35 bits per heavy atom. The molecule has 2 heteroatoms. The second-order valence-electron chi connectivity index (χ2n) is 9.76. The second-order valence-corrected chi connectivity index (χ2v) is 9.76. The molecule has 0 atom stereocenters. The Hall–Kier alpha value is -1.70. The van der Waals surface area contributed by atoms with Gasteiger partial charge in [0.05, 0.1) is 11.4 Å². The van der Waals surface area contributed by atoms with Gasteiger partial charge in [0.25, 0.3) is 0 Å². The number of aromatic nitrogens is 2. The van der Waals surface area contributed by atoms with Gasteiger partial charge in [-0.3, -0.25) is 0 Å². The van der Waals surface area contributed by atoms with Crippen molar-refractivity contribution in [1.29, 1.82) is 0 Å². The number of benzene rings is 1. The summed E-state index contributed by atoms with van der Waals surface area (Å²) in [4.78, 5) is 0. The Kier molecular flexibility index (Phi) is 10.6. The van der Waals surface area contributed by atoms with E-state index in [-0.39, 0.29) is 0 Å². The van der Waals surface area contributed by atoms with Gasteiger partial charge < -0.3 is 0 Å². The van der Waals surface area contributed by atoms with E-state index in [2.05, 4.69) is 60.4 Å². The average Bonchev–Trinajstić information content (AvgIpc) is 2.82. The summed E-state index contributed by atoms with van der Waals surface area (Å²) < 4.78 is 0. The fourth-order valence-electron chi connectivity index (χ4n) is 5.13. The van der Waals surface area contributed by atoms with Crippen LogP contribution in [-0.2, 0) is 6.42 Å². The Morgan fingerprint density at radius 3 is 2.03 bits per heavy atom. The van der Waals surface area contributed by atoms with Gasteiger partial charge in [-0.25, -0.2) is 0 Å². The topological polar surface area (TPSA) is 25.8 Å². The molecule has 0 bridgehead atoms. The maximum Gasteiger partial charge on any atom is 0.0929 e. The average molecular weight is 421 g/mol. The van der Waals surface area contributed by atoms with Crippen LogP contribution in [0, 0.1) is 5.92 Å². The van der Waals surface area contributed by atoms with Gasteiger partial charge in [0, 0.05) is 5.56 Å². The maximum absolute atomic E-state index is 4.51. The fourth-order valence-corrected chi connectivity index (χ4v) is 5.13. The molecule has 1 saturated carbocycles. The largest absolute Gasteiger partial charge is 0.155 e. The minimum absolute atomic E-state index is 0.752. The predicted molar refractivity (Wildman–Crippen MR) is 133 cm³/mol. The van der Waals surface area contributed by atoms with Crippen LogP contribution in [0.15, 0.2) is 36.4 Å². The lowest BCUT2D eigenvalue weighted by molar-refractivity contribution is 0.303. The molecule has 0 unspecified atom stereocenters. The molecule has 1 aromatic carbocycles. The van der Waals surface area contributed by atoms with E-state index in [4.69, 9.17) is 0 Å². The maximum atomic E-state index is 4.51. The van der Waals surface area contributed by atoms with Crippen molar-refractivity contribution in [3.05, 3.63) is 47.7 Å². The van der Waals surface area contributed by atoms with Gasteiger partial charge in [0.2, 0.25) is 0 Å². The molecule has 31 heavy (non-hydrogen) atoms. The highest BCUT2D eigenvalue weighted by atomic mass is 15.1. The molecule has 0 saturated heterocycles. The van der Waals surface area contributed by atoms with E-state index in [1.54, 1.807) is 0 Å². The van der Waals surface area contributed by atoms with Crippen LogP contribution >= 0.6 is 0 Å². The minimum Gasteiger partial charge on any atom is -0.155 e. The summed E-state index contributed by atoms with van der Waals surface area (Å²) in [5, 5.41) is 9.01. The van der Waals surface area contributed by atoms with E-state index in [1.165, 1.54) is 101 Å². The first-order valence-corrected chi connectivity index (χ1v) is 13.2. The van der Waals surface area contributed by atoms with Crippen LogP contribution in [0.25, 0.3) is 11.3 Å². The zero-order chi connectivity index (χ0) is 21.7. The zero-order valence-electron chi connectivity index (χ0n) is 20.1. The third-order valence-electron chi connectivity index (χ3n) is 7.25. The van der Waals surface area contributed by atoms with Crippen molar-refractivity contribution < 1.29 is 0 Å². The molecule has 1 aromatic heterocycles. The number of nitrogens with zero attached hydrogens (tertiary/aromatic N) is 2. The molecule has 1 aliphatic carbocycles. The molecule has 2 nitrogen and oxygen atoms in total. The fraction of sp³-hybridized carbons (Fsp3) is 0.655. The number of aryl methyl sites for hydroxylation is 1. The van der Waals surface area contributed by atoms with Gasteiger partial charge in [-0.15, -0.1) is 0 Å². The summed E-state index contributed by atoms with van der Waals surface area (Å²) in [6.07, 6.45) is 20.2. The standard InChI is InChI=1S/C29H44N2/c1-3-5-7-8-9-11-13-28-22-23-29(31-30-28)27-20-18-26(19-21-27)25-16-14-24(15-17-25)12-10-6-4-2/h18-25H,3-17H2,1-2H3. The lowest BCUT2D eigenvalue weighted by atomic mass is 9.77. The number of hydrogen-bond acceptors (Lipinski definition) is 2. The van der Waals surface area contributed by atoms with Crippen molar-refractivity contribution in [2.24, 2.45) is 5.92 Å². The van der Waals surface area contributed by atoms with Crippen LogP contribution in [0.3, 0.4) is 0 Å². The first-order valence-electron chi connectivity index (χ1n) is 13.2. The SMILES string of the molecule is CCCCCCCCc1ccc(-c2ccc(C3CCC(CCCCC)CC3)cc2)nn1. The van der Waals surface area contributed by atoms with Crippen LogP contribution in [0.2, 0.25) is 0 Å². The van der Waals surface area contributed by atoms with Gasteiger partial charge in [-0.1, -0.05) is 95.9 Å². The molecule has 0 aliphatic heterocycles. The van der Waals surface area contributed by atoms with Crippen molar-refractivity contribution in [3.8, 4) is 11.3 Å². The summed E-state index contributed by atoms with van der Waals surface area (Å²) in [5.41, 5.74) is 4.84. The van der Waals surface area contributed by atoms with Crippen molar-refractivity contribution >= 4 is 0 Å². The molecule has 0 N–H and O–H groups in total. The van der Waals surface area contributed by atoms with Gasteiger partial charge in [-0.2, -0.15) is 10.2 Å². The van der Waals surface area contributed by atoms with Gasteiger partial charge >= 0.3 is 0 Å². The van der Waals surface area contributed by atoms with Crippen LogP contribution in [0.5, 0.6) is 0 Å². The second kappa shape index (κ2) is 13.7. The Morgan fingerprint density at radius 1 is 0.677 bits per heavy atom. The molecule has 1 heterocycles.